The molecule has 7 heteroatoms. The van der Waals surface area contributed by atoms with E-state index in [1.165, 1.54) is 0 Å². The van der Waals surface area contributed by atoms with E-state index in [4.69, 9.17) is 15.3 Å². The second kappa shape index (κ2) is 4.48. The second-order valence-corrected chi connectivity index (χ2v) is 6.02. The van der Waals surface area contributed by atoms with Crippen LogP contribution in [0.3, 0.4) is 0 Å². The minimum Gasteiger partial charge on any atom is -0.459 e. The van der Waals surface area contributed by atoms with Crippen molar-refractivity contribution in [3.63, 3.8) is 0 Å². The molecule has 2 atom stereocenters. The van der Waals surface area contributed by atoms with E-state index in [1.807, 2.05) is 20.8 Å². The van der Waals surface area contributed by atoms with Crippen molar-refractivity contribution >= 4 is 17.6 Å². The summed E-state index contributed by atoms with van der Waals surface area (Å²) in [5, 5.41) is 6.74. The molecular formula is C12H19N3O4. The van der Waals surface area contributed by atoms with Crippen LogP contribution in [0, 0.1) is 0 Å². The number of primary amides is 1. The number of esters is 1. The molecule has 7 nitrogen and oxygen atoms in total. The molecule has 1 fully saturated rings. The van der Waals surface area contributed by atoms with Gasteiger partial charge in [-0.05, 0) is 20.8 Å². The monoisotopic (exact) mass is 269 g/mol. The summed E-state index contributed by atoms with van der Waals surface area (Å²) in [5.41, 5.74) is 4.20. The third kappa shape index (κ3) is 3.04. The van der Waals surface area contributed by atoms with Crippen molar-refractivity contribution in [1.29, 1.82) is 0 Å². The van der Waals surface area contributed by atoms with Crippen LogP contribution in [-0.4, -0.2) is 41.4 Å². The van der Waals surface area contributed by atoms with Crippen molar-refractivity contribution in [3.05, 3.63) is 0 Å². The summed E-state index contributed by atoms with van der Waals surface area (Å²) in [5.74, 6) is -0.905. The van der Waals surface area contributed by atoms with Crippen LogP contribution in [0.2, 0.25) is 0 Å². The van der Waals surface area contributed by atoms with Gasteiger partial charge in [-0.25, -0.2) is 0 Å². The fourth-order valence-corrected chi connectivity index (χ4v) is 2.22. The molecular weight excluding hydrogens is 250 g/mol. The average molecular weight is 269 g/mol. The van der Waals surface area contributed by atoms with Gasteiger partial charge in [0.25, 0.3) is 5.91 Å². The van der Waals surface area contributed by atoms with Gasteiger partial charge in [0, 0.05) is 19.4 Å². The van der Waals surface area contributed by atoms with Crippen molar-refractivity contribution in [2.45, 2.75) is 50.9 Å². The Morgan fingerprint density at radius 3 is 2.74 bits per heavy atom. The standard InChI is InChI=1S/C12H19N3O4/c1-11(2,3)18-10(17)8-5-12(6-14-8)4-7(9(13)16)15-19-12/h8,14H,4-6H2,1-3H3,(H2,13,16). The minimum atomic E-state index is -0.647. The molecule has 0 radical (unpaired) electrons. The van der Waals surface area contributed by atoms with Crippen molar-refractivity contribution in [1.82, 2.24) is 5.32 Å². The number of rotatable bonds is 2. The largest absolute Gasteiger partial charge is 0.459 e. The zero-order valence-corrected chi connectivity index (χ0v) is 11.4. The predicted molar refractivity (Wildman–Crippen MR) is 67.3 cm³/mol. The quantitative estimate of drug-likeness (QED) is 0.669. The van der Waals surface area contributed by atoms with Gasteiger partial charge >= 0.3 is 5.97 Å². The Hall–Kier alpha value is -1.63. The van der Waals surface area contributed by atoms with E-state index in [-0.39, 0.29) is 11.7 Å². The van der Waals surface area contributed by atoms with Crippen molar-refractivity contribution in [3.8, 4) is 0 Å². The maximum atomic E-state index is 11.9. The van der Waals surface area contributed by atoms with Gasteiger partial charge in [-0.1, -0.05) is 5.16 Å². The Bertz CT molecular complexity index is 441. The number of ether oxygens (including phenoxy) is 1. The highest BCUT2D eigenvalue weighted by Gasteiger charge is 2.49. The molecule has 2 rings (SSSR count). The SMILES string of the molecule is CC(C)(C)OC(=O)C1CC2(CN1)CC(C(N)=O)=NO2. The number of amides is 1. The van der Waals surface area contributed by atoms with Crippen LogP contribution in [-0.2, 0) is 19.2 Å². The Morgan fingerprint density at radius 2 is 2.21 bits per heavy atom. The summed E-state index contributed by atoms with van der Waals surface area (Å²) in [6.45, 7) is 5.89. The number of nitrogens with two attached hydrogens (primary N) is 1. The molecule has 1 saturated heterocycles. The molecule has 1 spiro atoms. The Balaban J connectivity index is 1.95. The number of nitrogens with one attached hydrogen (secondary N) is 1. The number of oxime groups is 1. The lowest BCUT2D eigenvalue weighted by Gasteiger charge is -2.22. The van der Waals surface area contributed by atoms with E-state index in [1.54, 1.807) is 0 Å². The zero-order valence-electron chi connectivity index (χ0n) is 11.4. The molecule has 1 amide bonds. The zero-order chi connectivity index (χ0) is 14.3. The fourth-order valence-electron chi connectivity index (χ4n) is 2.22. The molecule has 0 aliphatic carbocycles. The van der Waals surface area contributed by atoms with Gasteiger partial charge in [-0.15, -0.1) is 0 Å². The third-order valence-corrected chi connectivity index (χ3v) is 3.06. The third-order valence-electron chi connectivity index (χ3n) is 3.06. The van der Waals surface area contributed by atoms with E-state index < -0.39 is 23.2 Å². The summed E-state index contributed by atoms with van der Waals surface area (Å²) in [7, 11) is 0. The number of hydrogen-bond acceptors (Lipinski definition) is 6. The molecule has 0 aromatic carbocycles. The molecule has 0 saturated carbocycles. The van der Waals surface area contributed by atoms with Crippen LogP contribution < -0.4 is 11.1 Å². The van der Waals surface area contributed by atoms with Gasteiger partial charge in [0.1, 0.15) is 17.4 Å². The van der Waals surface area contributed by atoms with Crippen LogP contribution in [0.5, 0.6) is 0 Å². The van der Waals surface area contributed by atoms with Crippen LogP contribution in [0.15, 0.2) is 5.16 Å². The van der Waals surface area contributed by atoms with Gasteiger partial charge in [-0.3, -0.25) is 9.59 Å². The molecule has 2 unspecified atom stereocenters. The van der Waals surface area contributed by atoms with Crippen molar-refractivity contribution in [2.75, 3.05) is 6.54 Å². The molecule has 2 heterocycles. The Labute approximate surface area is 111 Å². The first kappa shape index (κ1) is 13.8. The average Bonchev–Trinajstić information content (AvgIpc) is 2.85. The van der Waals surface area contributed by atoms with Crippen LogP contribution >= 0.6 is 0 Å². The maximum absolute atomic E-state index is 11.9. The molecule has 0 bridgehead atoms. The number of nitrogens with zero attached hydrogens (tertiary/aromatic N) is 1. The van der Waals surface area contributed by atoms with E-state index in [0.29, 0.717) is 19.4 Å². The van der Waals surface area contributed by atoms with Gasteiger partial charge in [-0.2, -0.15) is 0 Å². The van der Waals surface area contributed by atoms with Crippen LogP contribution in [0.1, 0.15) is 33.6 Å². The van der Waals surface area contributed by atoms with Gasteiger partial charge < -0.3 is 20.6 Å². The lowest BCUT2D eigenvalue weighted by Crippen LogP contribution is -2.37. The number of hydrogen-bond donors (Lipinski definition) is 2. The minimum absolute atomic E-state index is 0.214. The lowest BCUT2D eigenvalue weighted by atomic mass is 9.94. The molecule has 19 heavy (non-hydrogen) atoms. The topological polar surface area (TPSA) is 103 Å². The van der Waals surface area contributed by atoms with E-state index in [0.717, 1.165) is 0 Å². The van der Waals surface area contributed by atoms with E-state index in [9.17, 15) is 9.59 Å². The predicted octanol–water partition coefficient (Wildman–Crippen LogP) is -0.310. The summed E-state index contributed by atoms with van der Waals surface area (Å²) >= 11 is 0. The summed E-state index contributed by atoms with van der Waals surface area (Å²) in [6.07, 6.45) is 0.747. The van der Waals surface area contributed by atoms with E-state index >= 15 is 0 Å². The highest BCUT2D eigenvalue weighted by atomic mass is 16.7. The van der Waals surface area contributed by atoms with E-state index in [2.05, 4.69) is 10.5 Å². The molecule has 2 aliphatic rings. The van der Waals surface area contributed by atoms with Gasteiger partial charge in [0.05, 0.1) is 0 Å². The first-order valence-corrected chi connectivity index (χ1v) is 6.22. The molecule has 106 valence electrons. The molecule has 3 N–H and O–H groups in total. The van der Waals surface area contributed by atoms with Crippen molar-refractivity contribution < 1.29 is 19.2 Å². The van der Waals surface area contributed by atoms with Gasteiger partial charge in [0.15, 0.2) is 5.60 Å². The molecule has 2 aliphatic heterocycles. The normalized spacial score (nSPS) is 30.1. The first-order chi connectivity index (χ1) is 8.71. The number of carbonyl (C=O) groups excluding carboxylic acids is 2. The lowest BCUT2D eigenvalue weighted by molar-refractivity contribution is -0.157. The number of carbonyl (C=O) groups is 2. The van der Waals surface area contributed by atoms with Crippen LogP contribution in [0.4, 0.5) is 0 Å². The first-order valence-electron chi connectivity index (χ1n) is 6.22. The smallest absolute Gasteiger partial charge is 0.323 e. The second-order valence-electron chi connectivity index (χ2n) is 6.02. The maximum Gasteiger partial charge on any atom is 0.323 e. The summed E-state index contributed by atoms with van der Waals surface area (Å²) in [6, 6.07) is -0.443. The Kier molecular flexibility index (Phi) is 3.25. The molecule has 0 aromatic heterocycles. The Morgan fingerprint density at radius 1 is 1.53 bits per heavy atom. The summed E-state index contributed by atoms with van der Waals surface area (Å²) < 4.78 is 5.31. The summed E-state index contributed by atoms with van der Waals surface area (Å²) in [4.78, 5) is 28.3. The highest BCUT2D eigenvalue weighted by Crippen LogP contribution is 2.33. The fraction of sp³-hybridized carbons (Fsp3) is 0.750. The highest BCUT2D eigenvalue weighted by molar-refractivity contribution is 6.38. The van der Waals surface area contributed by atoms with Crippen molar-refractivity contribution in [2.24, 2.45) is 10.9 Å². The van der Waals surface area contributed by atoms with Crippen LogP contribution in [0.25, 0.3) is 0 Å². The van der Waals surface area contributed by atoms with Gasteiger partial charge in [0.2, 0.25) is 0 Å². The molecule has 0 aromatic rings.